The van der Waals surface area contributed by atoms with Crippen molar-refractivity contribution in [2.24, 2.45) is 5.92 Å². The monoisotopic (exact) mass is 376 g/mol. The second kappa shape index (κ2) is 8.29. The Morgan fingerprint density at radius 3 is 2.65 bits per heavy atom. The Morgan fingerprint density at radius 1 is 1.31 bits per heavy atom. The molecule has 138 valence electrons. The molecule has 2 heterocycles. The minimum atomic E-state index is -0.469. The van der Waals surface area contributed by atoms with Crippen molar-refractivity contribution in [3.63, 3.8) is 0 Å². The van der Waals surface area contributed by atoms with E-state index in [1.54, 1.807) is 24.3 Å². The van der Waals surface area contributed by atoms with E-state index in [-0.39, 0.29) is 23.5 Å². The number of halogens is 1. The number of benzene rings is 1. The summed E-state index contributed by atoms with van der Waals surface area (Å²) >= 11 is 5.88. The van der Waals surface area contributed by atoms with Gasteiger partial charge in [0.25, 0.3) is 0 Å². The second-order valence-corrected chi connectivity index (χ2v) is 6.77. The minimum Gasteiger partial charge on any atom is -0.361 e. The molecule has 3 rings (SSSR count). The molecule has 1 aromatic heterocycles. The Balaban J connectivity index is 1.79. The van der Waals surface area contributed by atoms with Crippen LogP contribution in [0.5, 0.6) is 0 Å². The van der Waals surface area contributed by atoms with E-state index in [1.807, 2.05) is 6.92 Å². The van der Waals surface area contributed by atoms with Crippen LogP contribution in [0.25, 0.3) is 0 Å². The lowest BCUT2D eigenvalue weighted by molar-refractivity contribution is -0.384. The second-order valence-electron chi connectivity index (χ2n) is 6.34. The molecule has 2 aromatic rings. The number of rotatable bonds is 6. The largest absolute Gasteiger partial charge is 0.361 e. The van der Waals surface area contributed by atoms with Crippen molar-refractivity contribution < 1.29 is 4.92 Å². The topological polar surface area (TPSA) is 105 Å². The van der Waals surface area contributed by atoms with Gasteiger partial charge in [-0.15, -0.1) is 0 Å². The maximum absolute atomic E-state index is 11.3. The van der Waals surface area contributed by atoms with Crippen LogP contribution in [0.15, 0.2) is 30.5 Å². The number of nitro groups is 1. The van der Waals surface area contributed by atoms with Crippen molar-refractivity contribution in [3.8, 4) is 0 Å². The fourth-order valence-electron chi connectivity index (χ4n) is 3.02. The molecule has 0 radical (unpaired) electrons. The summed E-state index contributed by atoms with van der Waals surface area (Å²) in [6.07, 6.45) is 3.29. The first-order valence-electron chi connectivity index (χ1n) is 8.54. The molecule has 1 aromatic carbocycles. The number of hydrogen-bond acceptors (Lipinski definition) is 7. The van der Waals surface area contributed by atoms with E-state index in [9.17, 15) is 10.1 Å². The van der Waals surface area contributed by atoms with Gasteiger partial charge in [0.15, 0.2) is 0 Å². The molecule has 0 saturated carbocycles. The van der Waals surface area contributed by atoms with E-state index >= 15 is 0 Å². The summed E-state index contributed by atoms with van der Waals surface area (Å²) in [5, 5.41) is 21.5. The Hall–Kier alpha value is -2.45. The standard InChI is InChI=1S/C17H21ClN6O2/c1-11(12-6-8-19-9-7-12)21-16-15(24(25)26)10-20-17(23-16)22-14-4-2-13(18)3-5-14/h2-5,10-12,19H,6-9H2,1H3,(H2,20,21,22,23). The highest BCUT2D eigenvalue weighted by Gasteiger charge is 2.24. The molecule has 9 heteroatoms. The Labute approximate surface area is 156 Å². The van der Waals surface area contributed by atoms with Gasteiger partial charge in [0.1, 0.15) is 6.20 Å². The summed E-state index contributed by atoms with van der Waals surface area (Å²) in [4.78, 5) is 19.2. The van der Waals surface area contributed by atoms with Gasteiger partial charge < -0.3 is 16.0 Å². The highest BCUT2D eigenvalue weighted by Crippen LogP contribution is 2.27. The van der Waals surface area contributed by atoms with Crippen molar-refractivity contribution in [2.75, 3.05) is 23.7 Å². The summed E-state index contributed by atoms with van der Waals surface area (Å²) in [5.74, 6) is 0.962. The quantitative estimate of drug-likeness (QED) is 0.522. The molecule has 8 nitrogen and oxygen atoms in total. The zero-order valence-corrected chi connectivity index (χ0v) is 15.2. The van der Waals surface area contributed by atoms with Crippen LogP contribution in [0.2, 0.25) is 5.02 Å². The molecule has 1 atom stereocenters. The number of nitrogens with zero attached hydrogens (tertiary/aromatic N) is 3. The number of piperidine rings is 1. The predicted molar refractivity (Wildman–Crippen MR) is 102 cm³/mol. The SMILES string of the molecule is CC(Nc1nc(Nc2ccc(Cl)cc2)ncc1[N+](=O)[O-])C1CCNCC1. The average Bonchev–Trinajstić information content (AvgIpc) is 2.64. The molecule has 1 unspecified atom stereocenters. The maximum Gasteiger partial charge on any atom is 0.329 e. The molecular weight excluding hydrogens is 356 g/mol. The number of anilines is 3. The first-order chi connectivity index (χ1) is 12.5. The molecule has 1 aliphatic rings. The molecule has 0 bridgehead atoms. The van der Waals surface area contributed by atoms with Crippen LogP contribution in [-0.2, 0) is 0 Å². The van der Waals surface area contributed by atoms with Gasteiger partial charge in [-0.05, 0) is 63.0 Å². The number of aromatic nitrogens is 2. The zero-order chi connectivity index (χ0) is 18.5. The van der Waals surface area contributed by atoms with Crippen LogP contribution in [0.3, 0.4) is 0 Å². The third kappa shape index (κ3) is 4.59. The molecular formula is C17H21ClN6O2. The van der Waals surface area contributed by atoms with Crippen molar-refractivity contribution in [1.29, 1.82) is 0 Å². The number of nitrogens with one attached hydrogen (secondary N) is 3. The molecule has 0 aliphatic carbocycles. The lowest BCUT2D eigenvalue weighted by Crippen LogP contribution is -2.36. The lowest BCUT2D eigenvalue weighted by Gasteiger charge is -2.29. The van der Waals surface area contributed by atoms with Gasteiger partial charge in [-0.3, -0.25) is 10.1 Å². The summed E-state index contributed by atoms with van der Waals surface area (Å²) in [6, 6.07) is 7.14. The fourth-order valence-corrected chi connectivity index (χ4v) is 3.14. The van der Waals surface area contributed by atoms with Crippen LogP contribution in [0, 0.1) is 16.0 Å². The highest BCUT2D eigenvalue weighted by molar-refractivity contribution is 6.30. The maximum atomic E-state index is 11.3. The molecule has 0 spiro atoms. The molecule has 3 N–H and O–H groups in total. The van der Waals surface area contributed by atoms with Gasteiger partial charge in [0.05, 0.1) is 4.92 Å². The van der Waals surface area contributed by atoms with Gasteiger partial charge >= 0.3 is 5.69 Å². The minimum absolute atomic E-state index is 0.0779. The first kappa shape index (κ1) is 18.3. The highest BCUT2D eigenvalue weighted by atomic mass is 35.5. The van der Waals surface area contributed by atoms with E-state index in [0.29, 0.717) is 10.9 Å². The Morgan fingerprint density at radius 2 is 2.00 bits per heavy atom. The Kier molecular flexibility index (Phi) is 5.85. The van der Waals surface area contributed by atoms with Crippen molar-refractivity contribution >= 4 is 34.7 Å². The van der Waals surface area contributed by atoms with Crippen molar-refractivity contribution in [1.82, 2.24) is 15.3 Å². The number of hydrogen-bond donors (Lipinski definition) is 3. The van der Waals surface area contributed by atoms with Crippen LogP contribution in [0.4, 0.5) is 23.1 Å². The van der Waals surface area contributed by atoms with Gasteiger partial charge in [-0.1, -0.05) is 11.6 Å². The van der Waals surface area contributed by atoms with E-state index in [2.05, 4.69) is 25.9 Å². The van der Waals surface area contributed by atoms with Crippen LogP contribution in [-0.4, -0.2) is 34.0 Å². The van der Waals surface area contributed by atoms with Gasteiger partial charge in [-0.2, -0.15) is 4.98 Å². The van der Waals surface area contributed by atoms with Gasteiger partial charge in [0, 0.05) is 16.8 Å². The van der Waals surface area contributed by atoms with Gasteiger partial charge in [0.2, 0.25) is 11.8 Å². The lowest BCUT2D eigenvalue weighted by atomic mass is 9.91. The van der Waals surface area contributed by atoms with E-state index < -0.39 is 4.92 Å². The normalized spacial score (nSPS) is 16.1. The van der Waals surface area contributed by atoms with Crippen LogP contribution >= 0.6 is 11.6 Å². The van der Waals surface area contributed by atoms with E-state index in [0.717, 1.165) is 31.6 Å². The first-order valence-corrected chi connectivity index (χ1v) is 8.92. The molecule has 1 saturated heterocycles. The third-order valence-electron chi connectivity index (χ3n) is 4.52. The van der Waals surface area contributed by atoms with Crippen LogP contribution < -0.4 is 16.0 Å². The van der Waals surface area contributed by atoms with Crippen LogP contribution in [0.1, 0.15) is 19.8 Å². The van der Waals surface area contributed by atoms with E-state index in [1.165, 1.54) is 6.20 Å². The predicted octanol–water partition coefficient (Wildman–Crippen LogP) is 3.58. The molecule has 1 fully saturated rings. The summed E-state index contributed by atoms with van der Waals surface area (Å²) in [5.41, 5.74) is 0.619. The zero-order valence-electron chi connectivity index (χ0n) is 14.4. The van der Waals surface area contributed by atoms with Gasteiger partial charge in [-0.25, -0.2) is 4.98 Å². The summed E-state index contributed by atoms with van der Waals surface area (Å²) in [7, 11) is 0. The summed E-state index contributed by atoms with van der Waals surface area (Å²) < 4.78 is 0. The molecule has 26 heavy (non-hydrogen) atoms. The summed E-state index contributed by atoms with van der Waals surface area (Å²) in [6.45, 7) is 3.96. The van der Waals surface area contributed by atoms with E-state index in [4.69, 9.17) is 11.6 Å². The average molecular weight is 377 g/mol. The van der Waals surface area contributed by atoms with Crippen molar-refractivity contribution in [2.45, 2.75) is 25.8 Å². The van der Waals surface area contributed by atoms with Crippen molar-refractivity contribution in [3.05, 3.63) is 45.6 Å². The fraction of sp³-hybridized carbons (Fsp3) is 0.412. The third-order valence-corrected chi connectivity index (χ3v) is 4.77. The molecule has 1 aliphatic heterocycles. The smallest absolute Gasteiger partial charge is 0.329 e. The molecule has 0 amide bonds. The Bertz CT molecular complexity index is 764.